The van der Waals surface area contributed by atoms with E-state index in [2.05, 4.69) is 25.4 Å². The predicted octanol–water partition coefficient (Wildman–Crippen LogP) is -0.534. The molecule has 4 N–H and O–H groups in total. The molecule has 3 heterocycles. The number of nitrogens with one attached hydrogen (secondary N) is 2. The summed E-state index contributed by atoms with van der Waals surface area (Å²) in [4.78, 5) is 17.8. The predicted molar refractivity (Wildman–Crippen MR) is 67.5 cm³/mol. The standard InChI is InChI=1S/C11H14N6O/c12-10(18)9-7-1-2-8(14-11(7)16-15-9)17-5-3-13-4-6-17/h1-2,13H,3-6H2,(H2,12,18)(H,14,15,16). The maximum Gasteiger partial charge on any atom is 0.269 e. The largest absolute Gasteiger partial charge is 0.364 e. The monoisotopic (exact) mass is 246 g/mol. The number of pyridine rings is 1. The average molecular weight is 246 g/mol. The maximum atomic E-state index is 11.2. The lowest BCUT2D eigenvalue weighted by atomic mass is 10.2. The highest BCUT2D eigenvalue weighted by atomic mass is 16.1. The van der Waals surface area contributed by atoms with Gasteiger partial charge < -0.3 is 16.0 Å². The minimum atomic E-state index is -0.544. The lowest BCUT2D eigenvalue weighted by Gasteiger charge is -2.28. The molecule has 0 aromatic carbocycles. The average Bonchev–Trinajstić information content (AvgIpc) is 2.82. The van der Waals surface area contributed by atoms with E-state index in [-0.39, 0.29) is 5.69 Å². The van der Waals surface area contributed by atoms with Crippen molar-refractivity contribution in [2.75, 3.05) is 31.1 Å². The third kappa shape index (κ3) is 1.78. The number of primary amides is 1. The molecule has 0 spiro atoms. The summed E-state index contributed by atoms with van der Waals surface area (Å²) in [5.74, 6) is 0.349. The molecular formula is C11H14N6O. The summed E-state index contributed by atoms with van der Waals surface area (Å²) in [6, 6.07) is 3.74. The topological polar surface area (TPSA) is 99.9 Å². The fourth-order valence-corrected chi connectivity index (χ4v) is 2.15. The number of amides is 1. The minimum absolute atomic E-state index is 0.240. The van der Waals surface area contributed by atoms with Crippen LogP contribution in [0.3, 0.4) is 0 Å². The molecule has 0 radical (unpaired) electrons. The summed E-state index contributed by atoms with van der Waals surface area (Å²) in [6.45, 7) is 3.76. The molecule has 1 saturated heterocycles. The molecule has 2 aromatic heterocycles. The number of fused-ring (bicyclic) bond motifs is 1. The SMILES string of the molecule is NC(=O)c1n[nH]c2nc(N3CCNCC3)ccc12. The summed E-state index contributed by atoms with van der Waals surface area (Å²) >= 11 is 0. The number of piperazine rings is 1. The van der Waals surface area contributed by atoms with Gasteiger partial charge >= 0.3 is 0 Å². The molecule has 7 nitrogen and oxygen atoms in total. The van der Waals surface area contributed by atoms with Gasteiger partial charge in [0.05, 0.1) is 5.39 Å². The number of aromatic amines is 1. The molecule has 7 heteroatoms. The van der Waals surface area contributed by atoms with Gasteiger partial charge in [0.25, 0.3) is 5.91 Å². The third-order valence-electron chi connectivity index (χ3n) is 3.08. The Kier molecular flexibility index (Phi) is 2.60. The summed E-state index contributed by atoms with van der Waals surface area (Å²) in [6.07, 6.45) is 0. The van der Waals surface area contributed by atoms with Gasteiger partial charge in [-0.15, -0.1) is 0 Å². The van der Waals surface area contributed by atoms with Gasteiger partial charge in [0.15, 0.2) is 11.3 Å². The Morgan fingerprint density at radius 1 is 1.33 bits per heavy atom. The number of rotatable bonds is 2. The quantitative estimate of drug-likeness (QED) is 0.661. The van der Waals surface area contributed by atoms with Gasteiger partial charge in [0, 0.05) is 26.2 Å². The first kappa shape index (κ1) is 11.0. The van der Waals surface area contributed by atoms with Crippen LogP contribution in [0.4, 0.5) is 5.82 Å². The molecule has 0 aliphatic carbocycles. The van der Waals surface area contributed by atoms with Gasteiger partial charge in [-0.25, -0.2) is 4.98 Å². The molecule has 18 heavy (non-hydrogen) atoms. The molecule has 1 fully saturated rings. The first-order chi connectivity index (χ1) is 8.75. The second-order valence-electron chi connectivity index (χ2n) is 4.24. The number of anilines is 1. The highest BCUT2D eigenvalue weighted by Crippen LogP contribution is 2.19. The first-order valence-corrected chi connectivity index (χ1v) is 5.86. The highest BCUT2D eigenvalue weighted by molar-refractivity contribution is 6.03. The fourth-order valence-electron chi connectivity index (χ4n) is 2.15. The summed E-state index contributed by atoms with van der Waals surface area (Å²) < 4.78 is 0. The van der Waals surface area contributed by atoms with E-state index in [0.717, 1.165) is 32.0 Å². The van der Waals surface area contributed by atoms with Crippen molar-refractivity contribution in [2.24, 2.45) is 5.73 Å². The summed E-state index contributed by atoms with van der Waals surface area (Å²) in [5, 5.41) is 10.6. The van der Waals surface area contributed by atoms with E-state index in [9.17, 15) is 4.79 Å². The van der Waals surface area contributed by atoms with E-state index in [0.29, 0.717) is 11.0 Å². The molecule has 1 aliphatic heterocycles. The van der Waals surface area contributed by atoms with Crippen molar-refractivity contribution in [3.8, 4) is 0 Å². The molecule has 0 saturated carbocycles. The van der Waals surface area contributed by atoms with Gasteiger partial charge in [0.1, 0.15) is 5.82 Å². The van der Waals surface area contributed by atoms with Crippen molar-refractivity contribution >= 4 is 22.8 Å². The normalized spacial score (nSPS) is 16.1. The summed E-state index contributed by atoms with van der Waals surface area (Å²) in [7, 11) is 0. The molecule has 0 unspecified atom stereocenters. The number of carbonyl (C=O) groups excluding carboxylic acids is 1. The van der Waals surface area contributed by atoms with Gasteiger partial charge in [-0.2, -0.15) is 5.10 Å². The number of nitrogens with zero attached hydrogens (tertiary/aromatic N) is 3. The van der Waals surface area contributed by atoms with Gasteiger partial charge in [-0.1, -0.05) is 0 Å². The molecule has 2 aromatic rings. The van der Waals surface area contributed by atoms with Crippen LogP contribution >= 0.6 is 0 Å². The van der Waals surface area contributed by atoms with Gasteiger partial charge in [-0.05, 0) is 12.1 Å². The van der Waals surface area contributed by atoms with E-state index in [1.807, 2.05) is 12.1 Å². The molecule has 0 bridgehead atoms. The summed E-state index contributed by atoms with van der Waals surface area (Å²) in [5.41, 5.74) is 6.07. The Morgan fingerprint density at radius 2 is 2.11 bits per heavy atom. The number of hydrogen-bond acceptors (Lipinski definition) is 5. The number of nitrogens with two attached hydrogens (primary N) is 1. The van der Waals surface area contributed by atoms with Crippen LogP contribution in [0.15, 0.2) is 12.1 Å². The molecule has 1 amide bonds. The molecule has 0 atom stereocenters. The van der Waals surface area contributed by atoms with Crippen molar-refractivity contribution < 1.29 is 4.79 Å². The second-order valence-corrected chi connectivity index (χ2v) is 4.24. The fraction of sp³-hybridized carbons (Fsp3) is 0.364. The van der Waals surface area contributed by atoms with Crippen molar-refractivity contribution in [2.45, 2.75) is 0 Å². The van der Waals surface area contributed by atoms with Crippen molar-refractivity contribution in [1.82, 2.24) is 20.5 Å². The van der Waals surface area contributed by atoms with Crippen molar-refractivity contribution in [3.63, 3.8) is 0 Å². The zero-order chi connectivity index (χ0) is 12.5. The second kappa shape index (κ2) is 4.26. The van der Waals surface area contributed by atoms with Crippen LogP contribution in [0.25, 0.3) is 11.0 Å². The van der Waals surface area contributed by atoms with E-state index < -0.39 is 5.91 Å². The lowest BCUT2D eigenvalue weighted by Crippen LogP contribution is -2.43. The molecule has 94 valence electrons. The smallest absolute Gasteiger partial charge is 0.269 e. The Bertz CT molecular complexity index is 586. The van der Waals surface area contributed by atoms with Crippen molar-refractivity contribution in [3.05, 3.63) is 17.8 Å². The first-order valence-electron chi connectivity index (χ1n) is 5.86. The Labute approximate surface area is 103 Å². The van der Waals surface area contributed by atoms with Gasteiger partial charge in [-0.3, -0.25) is 9.89 Å². The zero-order valence-electron chi connectivity index (χ0n) is 9.81. The zero-order valence-corrected chi connectivity index (χ0v) is 9.81. The molecule has 3 rings (SSSR count). The van der Waals surface area contributed by atoms with E-state index in [1.165, 1.54) is 0 Å². The van der Waals surface area contributed by atoms with Crippen LogP contribution in [-0.4, -0.2) is 47.3 Å². The van der Waals surface area contributed by atoms with Crippen LogP contribution in [0.1, 0.15) is 10.5 Å². The highest BCUT2D eigenvalue weighted by Gasteiger charge is 2.15. The van der Waals surface area contributed by atoms with E-state index >= 15 is 0 Å². The number of H-pyrrole nitrogens is 1. The van der Waals surface area contributed by atoms with Gasteiger partial charge in [0.2, 0.25) is 0 Å². The Balaban J connectivity index is 1.98. The van der Waals surface area contributed by atoms with Crippen LogP contribution in [0, 0.1) is 0 Å². The maximum absolute atomic E-state index is 11.2. The Hall–Kier alpha value is -2.15. The van der Waals surface area contributed by atoms with Crippen LogP contribution in [0.2, 0.25) is 0 Å². The number of carbonyl (C=O) groups is 1. The number of aromatic nitrogens is 3. The van der Waals surface area contributed by atoms with Crippen molar-refractivity contribution in [1.29, 1.82) is 0 Å². The van der Waals surface area contributed by atoms with Crippen LogP contribution in [-0.2, 0) is 0 Å². The molecular weight excluding hydrogens is 232 g/mol. The Morgan fingerprint density at radius 3 is 2.83 bits per heavy atom. The van der Waals surface area contributed by atoms with Crippen LogP contribution < -0.4 is 16.0 Å². The third-order valence-corrected chi connectivity index (χ3v) is 3.08. The van der Waals surface area contributed by atoms with E-state index in [4.69, 9.17) is 5.73 Å². The molecule has 1 aliphatic rings. The van der Waals surface area contributed by atoms with Crippen LogP contribution in [0.5, 0.6) is 0 Å². The number of hydrogen-bond donors (Lipinski definition) is 3. The lowest BCUT2D eigenvalue weighted by molar-refractivity contribution is 0.0997. The minimum Gasteiger partial charge on any atom is -0.364 e. The van der Waals surface area contributed by atoms with E-state index in [1.54, 1.807) is 0 Å².